The predicted molar refractivity (Wildman–Crippen MR) is 102 cm³/mol. The third-order valence-corrected chi connectivity index (χ3v) is 4.73. The van der Waals surface area contributed by atoms with Gasteiger partial charge in [-0.15, -0.1) is 0 Å². The number of amides is 2. The average Bonchev–Trinajstić information content (AvgIpc) is 3.13. The van der Waals surface area contributed by atoms with Gasteiger partial charge in [0.15, 0.2) is 0 Å². The van der Waals surface area contributed by atoms with Crippen LogP contribution in [-0.2, 0) is 34.0 Å². The highest BCUT2D eigenvalue weighted by Crippen LogP contribution is 2.22. The first-order chi connectivity index (χ1) is 13.1. The molecule has 27 heavy (non-hydrogen) atoms. The Bertz CT molecular complexity index is 928. The van der Waals surface area contributed by atoms with Gasteiger partial charge in [0.05, 0.1) is 13.2 Å². The van der Waals surface area contributed by atoms with Crippen LogP contribution in [0.1, 0.15) is 36.5 Å². The summed E-state index contributed by atoms with van der Waals surface area (Å²) >= 11 is 0. The molecule has 140 valence electrons. The number of anilines is 1. The van der Waals surface area contributed by atoms with E-state index in [1.54, 1.807) is 19.3 Å². The maximum Gasteiger partial charge on any atom is 0.273 e. The first-order valence-electron chi connectivity index (χ1n) is 8.87. The molecule has 0 saturated carbocycles. The van der Waals surface area contributed by atoms with Gasteiger partial charge >= 0.3 is 0 Å². The summed E-state index contributed by atoms with van der Waals surface area (Å²) in [6.07, 6.45) is 3.17. The van der Waals surface area contributed by atoms with Gasteiger partial charge < -0.3 is 10.1 Å². The van der Waals surface area contributed by atoms with Crippen molar-refractivity contribution in [2.75, 3.05) is 12.4 Å². The van der Waals surface area contributed by atoms with Gasteiger partial charge in [0.2, 0.25) is 5.91 Å². The molecule has 1 aromatic carbocycles. The van der Waals surface area contributed by atoms with Crippen LogP contribution < -0.4 is 5.32 Å². The first kappa shape index (κ1) is 17.4. The van der Waals surface area contributed by atoms with Crippen LogP contribution in [0.15, 0.2) is 41.6 Å². The number of nitrogens with zero attached hydrogens (tertiary/aromatic N) is 3. The monoisotopic (exact) mass is 366 g/mol. The number of fused-ring (bicyclic) bond motifs is 1. The van der Waals surface area contributed by atoms with Crippen LogP contribution in [0.2, 0.25) is 0 Å². The number of carbonyl (C=O) groups excluding carboxylic acids is 2. The standard InChI is InChI=1S/C20H20N4O3.H2/c1-24-19(25)7-5-17(23-24)20(26)22-18-6-3-14(10-21-18)8-13-2-4-15-11-27-12-16(15)9-13;/h2-4,6,9-10H,5,7-8,11-12H2,1H3,(H,21,22,26);1H. The number of benzene rings is 1. The molecule has 0 saturated heterocycles. The zero-order chi connectivity index (χ0) is 18.8. The molecule has 2 amide bonds. The molecule has 7 nitrogen and oxygen atoms in total. The smallest absolute Gasteiger partial charge is 0.273 e. The SMILES string of the molecule is CN1N=C(C(=O)Nc2ccc(Cc3ccc4c(c3)COC4)cn2)CCC1=O.[HH]. The third kappa shape index (κ3) is 3.88. The molecular formula is C20H22N4O3. The van der Waals surface area contributed by atoms with E-state index in [1.165, 1.54) is 21.7 Å². The second-order valence-corrected chi connectivity index (χ2v) is 6.74. The Morgan fingerprint density at radius 2 is 2.00 bits per heavy atom. The summed E-state index contributed by atoms with van der Waals surface area (Å²) in [6.45, 7) is 1.37. The lowest BCUT2D eigenvalue weighted by Gasteiger charge is -2.18. The zero-order valence-electron chi connectivity index (χ0n) is 15.1. The van der Waals surface area contributed by atoms with Crippen molar-refractivity contribution in [1.82, 2.24) is 9.99 Å². The highest BCUT2D eigenvalue weighted by Gasteiger charge is 2.22. The number of hydrogen-bond donors (Lipinski definition) is 1. The van der Waals surface area contributed by atoms with Gasteiger partial charge in [-0.3, -0.25) is 9.59 Å². The normalized spacial score (nSPS) is 16.1. The molecule has 3 heterocycles. The van der Waals surface area contributed by atoms with Crippen molar-refractivity contribution >= 4 is 23.3 Å². The van der Waals surface area contributed by atoms with Crippen LogP contribution in [0.5, 0.6) is 0 Å². The van der Waals surface area contributed by atoms with Crippen molar-refractivity contribution in [3.63, 3.8) is 0 Å². The maximum atomic E-state index is 12.3. The van der Waals surface area contributed by atoms with Gasteiger partial charge in [-0.1, -0.05) is 24.3 Å². The molecule has 0 fully saturated rings. The maximum absolute atomic E-state index is 12.3. The summed E-state index contributed by atoms with van der Waals surface area (Å²) in [5.41, 5.74) is 5.12. The lowest BCUT2D eigenvalue weighted by Crippen LogP contribution is -2.34. The second kappa shape index (κ2) is 7.28. The highest BCUT2D eigenvalue weighted by molar-refractivity contribution is 6.43. The Morgan fingerprint density at radius 1 is 1.19 bits per heavy atom. The van der Waals surface area contributed by atoms with Gasteiger partial charge in [0.1, 0.15) is 11.5 Å². The van der Waals surface area contributed by atoms with E-state index in [4.69, 9.17) is 4.74 Å². The van der Waals surface area contributed by atoms with Crippen LogP contribution in [0.4, 0.5) is 5.82 Å². The summed E-state index contributed by atoms with van der Waals surface area (Å²) in [5, 5.41) is 7.95. The molecule has 4 rings (SSSR count). The summed E-state index contributed by atoms with van der Waals surface area (Å²) in [6, 6.07) is 10.1. The van der Waals surface area contributed by atoms with Crippen molar-refractivity contribution < 1.29 is 15.8 Å². The molecule has 0 bridgehead atoms. The van der Waals surface area contributed by atoms with E-state index in [0.29, 0.717) is 37.6 Å². The summed E-state index contributed by atoms with van der Waals surface area (Å²) in [7, 11) is 1.55. The van der Waals surface area contributed by atoms with Crippen molar-refractivity contribution in [3.8, 4) is 0 Å². The Hall–Kier alpha value is -3.06. The van der Waals surface area contributed by atoms with Crippen LogP contribution in [-0.4, -0.2) is 34.6 Å². The van der Waals surface area contributed by atoms with E-state index in [0.717, 1.165) is 12.0 Å². The molecule has 0 atom stereocenters. The van der Waals surface area contributed by atoms with E-state index >= 15 is 0 Å². The Kier molecular flexibility index (Phi) is 4.68. The minimum absolute atomic E-state index is 0. The van der Waals surface area contributed by atoms with E-state index in [2.05, 4.69) is 33.6 Å². The minimum Gasteiger partial charge on any atom is -0.372 e. The van der Waals surface area contributed by atoms with E-state index in [1.807, 2.05) is 6.07 Å². The number of aromatic nitrogens is 1. The molecule has 2 aliphatic heterocycles. The van der Waals surface area contributed by atoms with Gasteiger partial charge in [-0.2, -0.15) is 5.10 Å². The molecular weight excluding hydrogens is 344 g/mol. The molecule has 2 aliphatic rings. The number of nitrogens with one attached hydrogen (secondary N) is 1. The van der Waals surface area contributed by atoms with E-state index in [9.17, 15) is 9.59 Å². The third-order valence-electron chi connectivity index (χ3n) is 4.73. The number of hydrogen-bond acceptors (Lipinski definition) is 5. The van der Waals surface area contributed by atoms with Gasteiger partial charge in [-0.05, 0) is 34.7 Å². The molecule has 0 spiro atoms. The Balaban J connectivity index is 0.00000225. The lowest BCUT2D eigenvalue weighted by atomic mass is 10.0. The van der Waals surface area contributed by atoms with Crippen molar-refractivity contribution in [3.05, 3.63) is 58.8 Å². The second-order valence-electron chi connectivity index (χ2n) is 6.74. The zero-order valence-corrected chi connectivity index (χ0v) is 15.1. The van der Waals surface area contributed by atoms with Crippen molar-refractivity contribution in [1.29, 1.82) is 0 Å². The highest BCUT2D eigenvalue weighted by atomic mass is 16.5. The molecule has 0 aliphatic carbocycles. The summed E-state index contributed by atoms with van der Waals surface area (Å²) < 4.78 is 5.45. The van der Waals surface area contributed by atoms with Gasteiger partial charge in [0, 0.05) is 27.5 Å². The molecule has 1 N–H and O–H groups in total. The number of carbonyl (C=O) groups is 2. The van der Waals surface area contributed by atoms with Crippen LogP contribution in [0, 0.1) is 0 Å². The van der Waals surface area contributed by atoms with Gasteiger partial charge in [-0.25, -0.2) is 9.99 Å². The average molecular weight is 366 g/mol. The topological polar surface area (TPSA) is 83.9 Å². The molecule has 2 aromatic rings. The quantitative estimate of drug-likeness (QED) is 0.901. The van der Waals surface area contributed by atoms with Crippen molar-refractivity contribution in [2.45, 2.75) is 32.5 Å². The fourth-order valence-corrected chi connectivity index (χ4v) is 3.20. The summed E-state index contributed by atoms with van der Waals surface area (Å²) in [5.74, 6) is 0.0497. The fraction of sp³-hybridized carbons (Fsp3) is 0.300. The first-order valence-corrected chi connectivity index (χ1v) is 8.87. The number of pyridine rings is 1. The van der Waals surface area contributed by atoms with Crippen LogP contribution in [0.3, 0.4) is 0 Å². The van der Waals surface area contributed by atoms with Crippen LogP contribution >= 0.6 is 0 Å². The Labute approximate surface area is 158 Å². The van der Waals surface area contributed by atoms with Crippen molar-refractivity contribution in [2.24, 2.45) is 5.10 Å². The van der Waals surface area contributed by atoms with Gasteiger partial charge in [0.25, 0.3) is 5.91 Å². The van der Waals surface area contributed by atoms with Crippen LogP contribution in [0.25, 0.3) is 0 Å². The Morgan fingerprint density at radius 3 is 2.78 bits per heavy atom. The molecule has 1 aromatic heterocycles. The number of hydrazone groups is 1. The summed E-state index contributed by atoms with van der Waals surface area (Å²) in [4.78, 5) is 28.0. The lowest BCUT2D eigenvalue weighted by molar-refractivity contribution is -0.130. The molecule has 0 radical (unpaired) electrons. The molecule has 0 unspecified atom stereocenters. The fourth-order valence-electron chi connectivity index (χ4n) is 3.20. The number of ether oxygens (including phenoxy) is 1. The minimum atomic E-state index is -0.326. The number of rotatable bonds is 4. The largest absolute Gasteiger partial charge is 0.372 e. The van der Waals surface area contributed by atoms with E-state index < -0.39 is 0 Å². The predicted octanol–water partition coefficient (Wildman–Crippen LogP) is 2.50. The van der Waals surface area contributed by atoms with E-state index in [-0.39, 0.29) is 13.2 Å². The molecule has 7 heteroatoms.